The van der Waals surface area contributed by atoms with Gasteiger partial charge in [-0.25, -0.2) is 0 Å². The van der Waals surface area contributed by atoms with Gasteiger partial charge >= 0.3 is 0 Å². The summed E-state index contributed by atoms with van der Waals surface area (Å²) in [7, 11) is 0. The molecule has 0 bridgehead atoms. The van der Waals surface area contributed by atoms with Crippen molar-refractivity contribution in [1.82, 2.24) is 0 Å². The molecule has 1 aromatic carbocycles. The number of ether oxygens (including phenoxy) is 1. The molecule has 0 aliphatic heterocycles. The van der Waals surface area contributed by atoms with Gasteiger partial charge in [-0.05, 0) is 37.8 Å². The maximum atomic E-state index is 6.42. The largest absolute Gasteiger partial charge is 0.374 e. The summed E-state index contributed by atoms with van der Waals surface area (Å²) < 4.78 is 6.00. The highest BCUT2D eigenvalue weighted by Crippen LogP contribution is 2.37. The molecule has 1 unspecified atom stereocenters. The van der Waals surface area contributed by atoms with Crippen LogP contribution in [0.3, 0.4) is 0 Å². The van der Waals surface area contributed by atoms with E-state index in [0.717, 1.165) is 36.5 Å². The second-order valence-corrected chi connectivity index (χ2v) is 5.51. The van der Waals surface area contributed by atoms with E-state index in [9.17, 15) is 0 Å². The SMILES string of the molecule is CCOC1(C(N)Cc2ccccc2Cl)CCCC1. The zero-order valence-electron chi connectivity index (χ0n) is 11.0. The average molecular weight is 268 g/mol. The maximum absolute atomic E-state index is 6.42. The van der Waals surface area contributed by atoms with Crippen molar-refractivity contribution in [2.45, 2.75) is 50.7 Å². The Kier molecular flexibility index (Phi) is 4.66. The number of nitrogens with two attached hydrogens (primary N) is 1. The third-order valence-corrected chi connectivity index (χ3v) is 4.32. The van der Waals surface area contributed by atoms with Crippen LogP contribution in [-0.4, -0.2) is 18.2 Å². The van der Waals surface area contributed by atoms with Crippen molar-refractivity contribution in [3.05, 3.63) is 34.9 Å². The van der Waals surface area contributed by atoms with Crippen LogP contribution in [0.1, 0.15) is 38.2 Å². The van der Waals surface area contributed by atoms with Crippen LogP contribution in [0.15, 0.2) is 24.3 Å². The predicted molar refractivity (Wildman–Crippen MR) is 76.0 cm³/mol. The third kappa shape index (κ3) is 2.87. The van der Waals surface area contributed by atoms with Crippen molar-refractivity contribution in [1.29, 1.82) is 0 Å². The standard InChI is InChI=1S/C15H22ClNO/c1-2-18-15(9-5-6-10-15)14(17)11-12-7-3-4-8-13(12)16/h3-4,7-8,14H,2,5-6,9-11,17H2,1H3. The minimum absolute atomic E-state index is 0.0276. The molecule has 1 fully saturated rings. The van der Waals surface area contributed by atoms with Gasteiger partial charge in [-0.3, -0.25) is 0 Å². The molecular weight excluding hydrogens is 246 g/mol. The van der Waals surface area contributed by atoms with Crippen molar-refractivity contribution < 1.29 is 4.74 Å². The molecule has 2 N–H and O–H groups in total. The zero-order chi connectivity index (χ0) is 13.0. The Balaban J connectivity index is 2.10. The first-order chi connectivity index (χ1) is 8.68. The predicted octanol–water partition coefficient (Wildman–Crippen LogP) is 3.56. The fourth-order valence-corrected chi connectivity index (χ4v) is 3.18. The molecule has 0 amide bonds. The molecule has 1 aromatic rings. The summed E-state index contributed by atoms with van der Waals surface area (Å²) in [6.45, 7) is 2.78. The lowest BCUT2D eigenvalue weighted by atomic mass is 9.88. The molecule has 1 atom stereocenters. The summed E-state index contributed by atoms with van der Waals surface area (Å²) in [5.41, 5.74) is 7.41. The first-order valence-electron chi connectivity index (χ1n) is 6.81. The Morgan fingerprint density at radius 3 is 2.61 bits per heavy atom. The van der Waals surface area contributed by atoms with Crippen molar-refractivity contribution in [2.75, 3.05) is 6.61 Å². The molecule has 1 aliphatic carbocycles. The number of rotatable bonds is 5. The van der Waals surface area contributed by atoms with E-state index in [1.165, 1.54) is 12.8 Å². The van der Waals surface area contributed by atoms with Crippen molar-refractivity contribution >= 4 is 11.6 Å². The molecule has 18 heavy (non-hydrogen) atoms. The van der Waals surface area contributed by atoms with E-state index in [2.05, 4.69) is 6.07 Å². The molecule has 1 aliphatic rings. The van der Waals surface area contributed by atoms with Gasteiger partial charge in [0.2, 0.25) is 0 Å². The minimum atomic E-state index is -0.131. The topological polar surface area (TPSA) is 35.2 Å². The van der Waals surface area contributed by atoms with E-state index >= 15 is 0 Å². The second-order valence-electron chi connectivity index (χ2n) is 5.11. The first-order valence-corrected chi connectivity index (χ1v) is 7.19. The summed E-state index contributed by atoms with van der Waals surface area (Å²) in [4.78, 5) is 0. The average Bonchev–Trinajstić information content (AvgIpc) is 2.82. The smallest absolute Gasteiger partial charge is 0.0835 e. The third-order valence-electron chi connectivity index (χ3n) is 3.96. The van der Waals surface area contributed by atoms with Crippen LogP contribution in [0.4, 0.5) is 0 Å². The second kappa shape index (κ2) is 6.05. The summed E-state index contributed by atoms with van der Waals surface area (Å²) in [6.07, 6.45) is 5.38. The molecular formula is C15H22ClNO. The summed E-state index contributed by atoms with van der Waals surface area (Å²) in [6, 6.07) is 7.96. The highest BCUT2D eigenvalue weighted by molar-refractivity contribution is 6.31. The Bertz CT molecular complexity index is 388. The molecule has 2 nitrogen and oxygen atoms in total. The summed E-state index contributed by atoms with van der Waals surface area (Å²) in [5.74, 6) is 0. The molecule has 100 valence electrons. The maximum Gasteiger partial charge on any atom is 0.0835 e. The van der Waals surface area contributed by atoms with Gasteiger partial charge in [0.05, 0.1) is 5.60 Å². The molecule has 0 radical (unpaired) electrons. The monoisotopic (exact) mass is 267 g/mol. The summed E-state index contributed by atoms with van der Waals surface area (Å²) >= 11 is 6.20. The lowest BCUT2D eigenvalue weighted by molar-refractivity contribution is -0.0524. The molecule has 1 saturated carbocycles. The number of hydrogen-bond acceptors (Lipinski definition) is 2. The molecule has 0 spiro atoms. The Morgan fingerprint density at radius 1 is 1.33 bits per heavy atom. The Morgan fingerprint density at radius 2 is 2.00 bits per heavy atom. The Hall–Kier alpha value is -0.570. The van der Waals surface area contributed by atoms with Crippen LogP contribution in [0.5, 0.6) is 0 Å². The van der Waals surface area contributed by atoms with Gasteiger partial charge < -0.3 is 10.5 Å². The number of halogens is 1. The van der Waals surface area contributed by atoms with Crippen molar-refractivity contribution in [3.8, 4) is 0 Å². The van der Waals surface area contributed by atoms with Crippen LogP contribution in [-0.2, 0) is 11.2 Å². The van der Waals surface area contributed by atoms with Gasteiger partial charge in [-0.15, -0.1) is 0 Å². The van der Waals surface area contributed by atoms with Gasteiger partial charge in [0, 0.05) is 17.7 Å². The number of benzene rings is 1. The zero-order valence-corrected chi connectivity index (χ0v) is 11.7. The van der Waals surface area contributed by atoms with E-state index in [0.29, 0.717) is 0 Å². The molecule has 2 rings (SSSR count). The van der Waals surface area contributed by atoms with Gasteiger partial charge in [0.25, 0.3) is 0 Å². The van der Waals surface area contributed by atoms with E-state index in [1.807, 2.05) is 25.1 Å². The van der Waals surface area contributed by atoms with Gasteiger partial charge in [0.15, 0.2) is 0 Å². The number of hydrogen-bond donors (Lipinski definition) is 1. The van der Waals surface area contributed by atoms with E-state index < -0.39 is 0 Å². The minimum Gasteiger partial charge on any atom is -0.374 e. The van der Waals surface area contributed by atoms with Crippen molar-refractivity contribution in [2.24, 2.45) is 5.73 Å². The van der Waals surface area contributed by atoms with Crippen LogP contribution < -0.4 is 5.73 Å². The lowest BCUT2D eigenvalue weighted by Crippen LogP contribution is -2.49. The highest BCUT2D eigenvalue weighted by Gasteiger charge is 2.40. The molecule has 0 aromatic heterocycles. The molecule has 3 heteroatoms. The van der Waals surface area contributed by atoms with Crippen LogP contribution >= 0.6 is 11.6 Å². The van der Waals surface area contributed by atoms with Crippen LogP contribution in [0.2, 0.25) is 5.02 Å². The highest BCUT2D eigenvalue weighted by atomic mass is 35.5. The molecule has 0 heterocycles. The fraction of sp³-hybridized carbons (Fsp3) is 0.600. The van der Waals surface area contributed by atoms with Crippen LogP contribution in [0, 0.1) is 0 Å². The summed E-state index contributed by atoms with van der Waals surface area (Å²) in [5, 5.41) is 0.803. The first kappa shape index (κ1) is 13.9. The van der Waals surface area contributed by atoms with Crippen molar-refractivity contribution in [3.63, 3.8) is 0 Å². The molecule has 0 saturated heterocycles. The van der Waals surface area contributed by atoms with Crippen LogP contribution in [0.25, 0.3) is 0 Å². The fourth-order valence-electron chi connectivity index (χ4n) is 2.97. The lowest BCUT2D eigenvalue weighted by Gasteiger charge is -2.35. The van der Waals surface area contributed by atoms with Gasteiger partial charge in [-0.1, -0.05) is 42.6 Å². The van der Waals surface area contributed by atoms with Gasteiger partial charge in [0.1, 0.15) is 0 Å². The van der Waals surface area contributed by atoms with E-state index in [1.54, 1.807) is 0 Å². The normalized spacial score (nSPS) is 19.9. The van der Waals surface area contributed by atoms with E-state index in [4.69, 9.17) is 22.1 Å². The quantitative estimate of drug-likeness (QED) is 0.885. The van der Waals surface area contributed by atoms with E-state index in [-0.39, 0.29) is 11.6 Å². The Labute approximate surface area is 114 Å². The van der Waals surface area contributed by atoms with Gasteiger partial charge in [-0.2, -0.15) is 0 Å².